The van der Waals surface area contributed by atoms with Crippen molar-refractivity contribution in [2.45, 2.75) is 13.8 Å². The molecule has 2 N–H and O–H groups in total. The summed E-state index contributed by atoms with van der Waals surface area (Å²) in [7, 11) is 1.59. The second-order valence-corrected chi connectivity index (χ2v) is 5.69. The molecule has 0 fully saturated rings. The molecule has 1 amide bonds. The van der Waals surface area contributed by atoms with Crippen LogP contribution in [0.4, 0.5) is 5.95 Å². The second-order valence-electron chi connectivity index (χ2n) is 5.25. The number of rotatable bonds is 4. The molecule has 2 aromatic heterocycles. The number of nitrogens with one attached hydrogen (secondary N) is 2. The number of carbonyl (C=O) groups excluding carboxylic acids is 1. The Morgan fingerprint density at radius 1 is 1.29 bits per heavy atom. The van der Waals surface area contributed by atoms with Crippen LogP contribution in [0.25, 0.3) is 22.8 Å². The number of nitrogens with zero attached hydrogens (tertiary/aromatic N) is 1. The number of hydrogen-bond donors (Lipinski definition) is 2. The number of aromatic amines is 1. The molecule has 1 aromatic carbocycles. The average Bonchev–Trinajstić information content (AvgIpc) is 3.13. The van der Waals surface area contributed by atoms with Gasteiger partial charge in [-0.2, -0.15) is 0 Å². The number of methoxy groups -OCH3 is 1. The normalized spacial score (nSPS) is 10.7. The summed E-state index contributed by atoms with van der Waals surface area (Å²) < 4.78 is 11.3. The van der Waals surface area contributed by atoms with Crippen molar-refractivity contribution in [3.63, 3.8) is 0 Å². The van der Waals surface area contributed by atoms with E-state index in [4.69, 9.17) is 20.8 Å². The largest absolute Gasteiger partial charge is 0.496 e. The fourth-order valence-corrected chi connectivity index (χ4v) is 2.58. The minimum atomic E-state index is -0.195. The topological polar surface area (TPSA) is 80.1 Å². The summed E-state index contributed by atoms with van der Waals surface area (Å²) in [5.41, 5.74) is 2.18. The lowest BCUT2D eigenvalue weighted by atomic mass is 10.1. The number of aryl methyl sites for hydroxylation is 1. The number of benzene rings is 1. The van der Waals surface area contributed by atoms with Crippen molar-refractivity contribution in [1.29, 1.82) is 0 Å². The van der Waals surface area contributed by atoms with Crippen LogP contribution < -0.4 is 10.1 Å². The Morgan fingerprint density at radius 3 is 2.75 bits per heavy atom. The highest BCUT2D eigenvalue weighted by Crippen LogP contribution is 2.36. The van der Waals surface area contributed by atoms with Crippen molar-refractivity contribution in [2.75, 3.05) is 12.4 Å². The summed E-state index contributed by atoms with van der Waals surface area (Å²) in [6, 6.07) is 8.97. The van der Waals surface area contributed by atoms with Gasteiger partial charge in [0.15, 0.2) is 5.76 Å². The molecule has 124 valence electrons. The van der Waals surface area contributed by atoms with Gasteiger partial charge in [-0.05, 0) is 37.3 Å². The number of carbonyl (C=O) groups is 1. The van der Waals surface area contributed by atoms with Crippen LogP contribution in [0.1, 0.15) is 12.6 Å². The Kier molecular flexibility index (Phi) is 4.31. The van der Waals surface area contributed by atoms with Crippen molar-refractivity contribution in [3.05, 3.63) is 41.0 Å². The molecule has 3 aromatic rings. The number of H-pyrrole nitrogens is 1. The molecule has 24 heavy (non-hydrogen) atoms. The molecule has 0 aliphatic rings. The van der Waals surface area contributed by atoms with E-state index >= 15 is 0 Å². The molecule has 0 atom stereocenters. The zero-order chi connectivity index (χ0) is 17.3. The van der Waals surface area contributed by atoms with E-state index in [0.717, 1.165) is 11.3 Å². The van der Waals surface area contributed by atoms with E-state index in [-0.39, 0.29) is 5.91 Å². The molecule has 7 heteroatoms. The molecule has 0 saturated carbocycles. The third-order valence-corrected chi connectivity index (χ3v) is 3.68. The molecule has 0 unspecified atom stereocenters. The quantitative estimate of drug-likeness (QED) is 0.740. The zero-order valence-electron chi connectivity index (χ0n) is 13.4. The third kappa shape index (κ3) is 3.14. The highest BCUT2D eigenvalue weighted by atomic mass is 35.5. The number of aromatic nitrogens is 2. The summed E-state index contributed by atoms with van der Waals surface area (Å²) in [5.74, 6) is 2.05. The van der Waals surface area contributed by atoms with Crippen LogP contribution in [0.5, 0.6) is 5.75 Å². The molecule has 0 saturated heterocycles. The first kappa shape index (κ1) is 16.1. The number of ether oxygens (including phenoxy) is 1. The lowest BCUT2D eigenvalue weighted by Crippen LogP contribution is -2.06. The van der Waals surface area contributed by atoms with Crippen LogP contribution >= 0.6 is 11.6 Å². The molecule has 0 aliphatic carbocycles. The van der Waals surface area contributed by atoms with Crippen molar-refractivity contribution < 1.29 is 13.9 Å². The lowest BCUT2D eigenvalue weighted by molar-refractivity contribution is -0.114. The fraction of sp³-hybridized carbons (Fsp3) is 0.176. The Labute approximate surface area is 143 Å². The van der Waals surface area contributed by atoms with E-state index in [1.165, 1.54) is 6.92 Å². The number of anilines is 1. The highest BCUT2D eigenvalue weighted by molar-refractivity contribution is 6.30. The molecule has 2 heterocycles. The molecule has 0 radical (unpaired) electrons. The van der Waals surface area contributed by atoms with E-state index in [2.05, 4.69) is 15.3 Å². The molecular weight excluding hydrogens is 330 g/mol. The number of hydrogen-bond acceptors (Lipinski definition) is 4. The third-order valence-electron chi connectivity index (χ3n) is 3.45. The van der Waals surface area contributed by atoms with Crippen molar-refractivity contribution in [1.82, 2.24) is 9.97 Å². The van der Waals surface area contributed by atoms with Gasteiger partial charge in [0.1, 0.15) is 17.2 Å². The average molecular weight is 346 g/mol. The Bertz CT molecular complexity index is 898. The molecule has 0 spiro atoms. The summed E-state index contributed by atoms with van der Waals surface area (Å²) in [5, 5.41) is 3.21. The number of amides is 1. The summed E-state index contributed by atoms with van der Waals surface area (Å²) in [6.07, 6.45) is 0. The predicted molar refractivity (Wildman–Crippen MR) is 92.3 cm³/mol. The zero-order valence-corrected chi connectivity index (χ0v) is 14.2. The maximum atomic E-state index is 11.1. The first-order valence-electron chi connectivity index (χ1n) is 7.26. The van der Waals surface area contributed by atoms with Crippen LogP contribution in [0.3, 0.4) is 0 Å². The van der Waals surface area contributed by atoms with E-state index in [9.17, 15) is 4.79 Å². The number of halogens is 1. The summed E-state index contributed by atoms with van der Waals surface area (Å²) >= 11 is 6.07. The SMILES string of the molecule is COc1ccc(Cl)cc1-c1ccc(-c2nc(NC(C)=O)[nH]c2C)o1. The monoisotopic (exact) mass is 345 g/mol. The van der Waals surface area contributed by atoms with Crippen molar-refractivity contribution in [2.24, 2.45) is 0 Å². The molecule has 0 bridgehead atoms. The maximum Gasteiger partial charge on any atom is 0.223 e. The van der Waals surface area contributed by atoms with Gasteiger partial charge in [-0.15, -0.1) is 0 Å². The minimum Gasteiger partial charge on any atom is -0.496 e. The van der Waals surface area contributed by atoms with Gasteiger partial charge < -0.3 is 14.1 Å². The van der Waals surface area contributed by atoms with Gasteiger partial charge in [-0.25, -0.2) is 4.98 Å². The van der Waals surface area contributed by atoms with E-state index in [1.807, 2.05) is 19.1 Å². The van der Waals surface area contributed by atoms with Gasteiger partial charge >= 0.3 is 0 Å². The second kappa shape index (κ2) is 6.41. The minimum absolute atomic E-state index is 0.195. The van der Waals surface area contributed by atoms with E-state index in [1.54, 1.807) is 25.3 Å². The van der Waals surface area contributed by atoms with Gasteiger partial charge in [-0.1, -0.05) is 11.6 Å². The van der Waals surface area contributed by atoms with Gasteiger partial charge in [0.2, 0.25) is 11.9 Å². The molecule has 0 aliphatic heterocycles. The Hall–Kier alpha value is -2.73. The fourth-order valence-electron chi connectivity index (χ4n) is 2.41. The van der Waals surface area contributed by atoms with Gasteiger partial charge in [0.25, 0.3) is 0 Å². The Balaban J connectivity index is 1.98. The molecule has 3 rings (SSSR count). The van der Waals surface area contributed by atoms with Crippen LogP contribution in [0, 0.1) is 6.92 Å². The number of furan rings is 1. The van der Waals surface area contributed by atoms with Crippen molar-refractivity contribution in [3.8, 4) is 28.5 Å². The lowest BCUT2D eigenvalue weighted by Gasteiger charge is -2.06. The first-order valence-corrected chi connectivity index (χ1v) is 7.64. The molecule has 6 nitrogen and oxygen atoms in total. The van der Waals surface area contributed by atoms with Crippen LogP contribution in [-0.2, 0) is 4.79 Å². The molecular formula is C17H16ClN3O3. The standard InChI is InChI=1S/C17H16ClN3O3/c1-9-16(21-17(19-9)20-10(2)22)15-7-6-14(24-15)12-8-11(18)4-5-13(12)23-3/h4-8H,1-3H3,(H2,19,20,21,22). The van der Waals surface area contributed by atoms with Gasteiger partial charge in [-0.3, -0.25) is 10.1 Å². The first-order chi connectivity index (χ1) is 11.5. The highest BCUT2D eigenvalue weighted by Gasteiger charge is 2.16. The smallest absolute Gasteiger partial charge is 0.223 e. The summed E-state index contributed by atoms with van der Waals surface area (Å²) in [6.45, 7) is 3.28. The Morgan fingerprint density at radius 2 is 2.04 bits per heavy atom. The van der Waals surface area contributed by atoms with Crippen molar-refractivity contribution >= 4 is 23.5 Å². The summed E-state index contributed by atoms with van der Waals surface area (Å²) in [4.78, 5) is 18.5. The van der Waals surface area contributed by atoms with Crippen LogP contribution in [0.2, 0.25) is 5.02 Å². The van der Waals surface area contributed by atoms with Crippen LogP contribution in [-0.4, -0.2) is 23.0 Å². The predicted octanol–water partition coefficient (Wildman–Crippen LogP) is 4.27. The van der Waals surface area contributed by atoms with Crippen LogP contribution in [0.15, 0.2) is 34.7 Å². The van der Waals surface area contributed by atoms with E-state index in [0.29, 0.717) is 33.9 Å². The maximum absolute atomic E-state index is 11.1. The van der Waals surface area contributed by atoms with E-state index < -0.39 is 0 Å². The van der Waals surface area contributed by atoms with Gasteiger partial charge in [0.05, 0.1) is 12.7 Å². The van der Waals surface area contributed by atoms with Gasteiger partial charge in [0, 0.05) is 17.6 Å². The number of imidazole rings is 1.